The normalized spacial score (nSPS) is 28.6. The molecule has 106 valence electrons. The summed E-state index contributed by atoms with van der Waals surface area (Å²) < 4.78 is 0. The van der Waals surface area contributed by atoms with Gasteiger partial charge in [-0.25, -0.2) is 0 Å². The van der Waals surface area contributed by atoms with Gasteiger partial charge in [0.05, 0.1) is 11.8 Å². The van der Waals surface area contributed by atoms with Crippen molar-refractivity contribution < 1.29 is 14.7 Å². The van der Waals surface area contributed by atoms with E-state index < -0.39 is 17.8 Å². The van der Waals surface area contributed by atoms with Crippen LogP contribution >= 0.6 is 11.6 Å². The first kappa shape index (κ1) is 14.4. The minimum atomic E-state index is -0.913. The molecule has 0 aromatic rings. The molecule has 2 atom stereocenters. The Balaban J connectivity index is 1.98. The molecule has 5 heteroatoms. The van der Waals surface area contributed by atoms with Crippen molar-refractivity contribution in [2.24, 2.45) is 11.8 Å². The van der Waals surface area contributed by atoms with Gasteiger partial charge < -0.3 is 10.4 Å². The molecule has 2 aliphatic carbocycles. The highest BCUT2D eigenvalue weighted by atomic mass is 35.5. The van der Waals surface area contributed by atoms with Gasteiger partial charge in [0.15, 0.2) is 0 Å². The van der Waals surface area contributed by atoms with Crippen molar-refractivity contribution in [1.29, 1.82) is 0 Å². The van der Waals surface area contributed by atoms with Crippen molar-refractivity contribution in [3.63, 3.8) is 0 Å². The number of hydrogen-bond donors (Lipinski definition) is 2. The van der Waals surface area contributed by atoms with Crippen molar-refractivity contribution in [2.45, 2.75) is 51.0 Å². The first-order valence-electron chi connectivity index (χ1n) is 6.95. The number of rotatable bonds is 3. The molecule has 1 fully saturated rings. The number of allylic oxidation sites excluding steroid dienone is 2. The lowest BCUT2D eigenvalue weighted by Gasteiger charge is -2.29. The number of aliphatic carboxylic acids is 1. The third-order valence-electron chi connectivity index (χ3n) is 4.10. The Morgan fingerprint density at radius 3 is 2.53 bits per heavy atom. The Morgan fingerprint density at radius 1 is 1.21 bits per heavy atom. The van der Waals surface area contributed by atoms with Crippen LogP contribution in [0.5, 0.6) is 0 Å². The summed E-state index contributed by atoms with van der Waals surface area (Å²) in [5.74, 6) is -2.24. The lowest BCUT2D eigenvalue weighted by Crippen LogP contribution is -2.44. The molecule has 0 unspecified atom stereocenters. The average Bonchev–Trinajstić information content (AvgIpc) is 2.39. The van der Waals surface area contributed by atoms with Crippen LogP contribution in [-0.2, 0) is 9.59 Å². The van der Waals surface area contributed by atoms with E-state index in [1.807, 2.05) is 0 Å². The fourth-order valence-electron chi connectivity index (χ4n) is 2.96. The van der Waals surface area contributed by atoms with Crippen molar-refractivity contribution in [3.05, 3.63) is 11.1 Å². The average molecular weight is 286 g/mol. The van der Waals surface area contributed by atoms with E-state index in [0.717, 1.165) is 25.7 Å². The highest BCUT2D eigenvalue weighted by molar-refractivity contribution is 6.29. The quantitative estimate of drug-likeness (QED) is 0.838. The molecule has 0 aromatic heterocycles. The predicted molar refractivity (Wildman–Crippen MR) is 72.8 cm³/mol. The van der Waals surface area contributed by atoms with Gasteiger partial charge in [-0.2, -0.15) is 0 Å². The Kier molecular flexibility index (Phi) is 4.86. The molecule has 0 radical (unpaired) electrons. The van der Waals surface area contributed by atoms with Gasteiger partial charge in [-0.15, -0.1) is 0 Å². The fraction of sp³-hybridized carbons (Fsp3) is 0.714. The van der Waals surface area contributed by atoms with Crippen LogP contribution in [0.15, 0.2) is 11.1 Å². The van der Waals surface area contributed by atoms with Gasteiger partial charge in [-0.1, -0.05) is 36.9 Å². The molecule has 2 rings (SSSR count). The number of carboxylic acid groups (broad SMARTS) is 1. The van der Waals surface area contributed by atoms with Crippen LogP contribution in [0.3, 0.4) is 0 Å². The zero-order chi connectivity index (χ0) is 13.8. The fourth-order valence-corrected chi connectivity index (χ4v) is 3.21. The monoisotopic (exact) mass is 285 g/mol. The maximum absolute atomic E-state index is 12.3. The molecule has 0 aromatic carbocycles. The molecule has 2 aliphatic rings. The standard InChI is InChI=1S/C14H20ClNO3/c15-9-6-7-11(14(18)19)12(8-9)13(17)16-10-4-2-1-3-5-10/h6,10-12H,1-5,7-8H2,(H,16,17)(H,18,19)/t11-,12-/m0/s1. The number of carboxylic acids is 1. The van der Waals surface area contributed by atoms with E-state index in [1.165, 1.54) is 6.42 Å². The molecule has 0 spiro atoms. The summed E-state index contributed by atoms with van der Waals surface area (Å²) in [6.45, 7) is 0. The number of carbonyl (C=O) groups excluding carboxylic acids is 1. The topological polar surface area (TPSA) is 66.4 Å². The highest BCUT2D eigenvalue weighted by Gasteiger charge is 2.36. The number of carbonyl (C=O) groups is 2. The Morgan fingerprint density at radius 2 is 1.89 bits per heavy atom. The molecule has 4 nitrogen and oxygen atoms in total. The second kappa shape index (κ2) is 6.42. The molecular formula is C14H20ClNO3. The van der Waals surface area contributed by atoms with Crippen LogP contribution in [0.25, 0.3) is 0 Å². The molecule has 2 N–H and O–H groups in total. The number of nitrogens with one attached hydrogen (secondary N) is 1. The zero-order valence-corrected chi connectivity index (χ0v) is 11.7. The van der Waals surface area contributed by atoms with E-state index >= 15 is 0 Å². The second-order valence-electron chi connectivity index (χ2n) is 5.49. The Bertz CT molecular complexity index is 388. The molecular weight excluding hydrogens is 266 g/mol. The van der Waals surface area contributed by atoms with Crippen LogP contribution in [0.4, 0.5) is 0 Å². The summed E-state index contributed by atoms with van der Waals surface area (Å²) in [6.07, 6.45) is 7.90. The minimum absolute atomic E-state index is 0.148. The molecule has 0 aliphatic heterocycles. The highest BCUT2D eigenvalue weighted by Crippen LogP contribution is 2.32. The molecule has 19 heavy (non-hydrogen) atoms. The van der Waals surface area contributed by atoms with Crippen LogP contribution in [0.2, 0.25) is 0 Å². The van der Waals surface area contributed by atoms with Crippen molar-refractivity contribution in [3.8, 4) is 0 Å². The molecule has 1 saturated carbocycles. The van der Waals surface area contributed by atoms with E-state index in [-0.39, 0.29) is 11.9 Å². The van der Waals surface area contributed by atoms with Crippen LogP contribution in [0.1, 0.15) is 44.9 Å². The number of halogens is 1. The largest absolute Gasteiger partial charge is 0.481 e. The first-order chi connectivity index (χ1) is 9.08. The SMILES string of the molecule is O=C(O)[C@H]1CC=C(Cl)C[C@@H]1C(=O)NC1CCCCC1. The van der Waals surface area contributed by atoms with Crippen molar-refractivity contribution in [1.82, 2.24) is 5.32 Å². The van der Waals surface area contributed by atoms with Gasteiger partial charge in [0.1, 0.15) is 0 Å². The van der Waals surface area contributed by atoms with Gasteiger partial charge in [0.2, 0.25) is 5.91 Å². The third kappa shape index (κ3) is 3.72. The van der Waals surface area contributed by atoms with Crippen molar-refractivity contribution in [2.75, 3.05) is 0 Å². The van der Waals surface area contributed by atoms with Crippen molar-refractivity contribution >= 4 is 23.5 Å². The summed E-state index contributed by atoms with van der Waals surface area (Å²) in [5.41, 5.74) is 0. The van der Waals surface area contributed by atoms with Gasteiger partial charge in [0.25, 0.3) is 0 Å². The summed E-state index contributed by atoms with van der Waals surface area (Å²) >= 11 is 5.96. The summed E-state index contributed by atoms with van der Waals surface area (Å²) in [5, 5.41) is 12.8. The summed E-state index contributed by atoms with van der Waals surface area (Å²) in [4.78, 5) is 23.5. The first-order valence-corrected chi connectivity index (χ1v) is 7.33. The van der Waals surface area contributed by atoms with Gasteiger partial charge in [0, 0.05) is 11.1 Å². The lowest BCUT2D eigenvalue weighted by molar-refractivity contribution is -0.147. The van der Waals surface area contributed by atoms with E-state index in [0.29, 0.717) is 17.9 Å². The van der Waals surface area contributed by atoms with Gasteiger partial charge in [-0.3, -0.25) is 9.59 Å². The molecule has 0 heterocycles. The zero-order valence-electron chi connectivity index (χ0n) is 10.9. The minimum Gasteiger partial charge on any atom is -0.481 e. The van der Waals surface area contributed by atoms with Crippen LogP contribution in [0, 0.1) is 11.8 Å². The van der Waals surface area contributed by atoms with Crippen LogP contribution in [-0.4, -0.2) is 23.0 Å². The Labute approximate surface area is 118 Å². The Hall–Kier alpha value is -1.03. The van der Waals surface area contributed by atoms with E-state index in [2.05, 4.69) is 5.32 Å². The maximum Gasteiger partial charge on any atom is 0.307 e. The van der Waals surface area contributed by atoms with E-state index in [9.17, 15) is 14.7 Å². The summed E-state index contributed by atoms with van der Waals surface area (Å²) in [6, 6.07) is 0.209. The van der Waals surface area contributed by atoms with Crippen LogP contribution < -0.4 is 5.32 Å². The predicted octanol–water partition coefficient (Wildman–Crippen LogP) is 2.67. The van der Waals surface area contributed by atoms with Gasteiger partial charge >= 0.3 is 5.97 Å². The molecule has 0 saturated heterocycles. The summed E-state index contributed by atoms with van der Waals surface area (Å²) in [7, 11) is 0. The lowest BCUT2D eigenvalue weighted by atomic mass is 9.82. The number of hydrogen-bond acceptors (Lipinski definition) is 2. The number of amides is 1. The smallest absolute Gasteiger partial charge is 0.307 e. The second-order valence-corrected chi connectivity index (χ2v) is 5.97. The van der Waals surface area contributed by atoms with Gasteiger partial charge in [-0.05, 0) is 25.7 Å². The van der Waals surface area contributed by atoms with E-state index in [4.69, 9.17) is 11.6 Å². The van der Waals surface area contributed by atoms with E-state index in [1.54, 1.807) is 6.08 Å². The molecule has 0 bridgehead atoms. The molecule has 1 amide bonds. The maximum atomic E-state index is 12.3. The third-order valence-corrected chi connectivity index (χ3v) is 4.41.